The van der Waals surface area contributed by atoms with Crippen molar-refractivity contribution in [3.63, 3.8) is 0 Å². The Kier molecular flexibility index (Phi) is 9.63. The van der Waals surface area contributed by atoms with Gasteiger partial charge in [-0.3, -0.25) is 14.4 Å². The molecule has 0 bridgehead atoms. The minimum atomic E-state index is -4.69. The largest absolute Gasteiger partial charge is 0.494 e. The normalized spacial score (nSPS) is 30.6. The summed E-state index contributed by atoms with van der Waals surface area (Å²) in [5, 5.41) is 12.9. The highest BCUT2D eigenvalue weighted by atomic mass is 32.2. The predicted molar refractivity (Wildman–Crippen MR) is 178 cm³/mol. The zero-order valence-corrected chi connectivity index (χ0v) is 29.2. The molecule has 2 aliphatic carbocycles. The minimum Gasteiger partial charge on any atom is -0.494 e. The van der Waals surface area contributed by atoms with Gasteiger partial charge in [0.25, 0.3) is 15.9 Å². The first-order valence-corrected chi connectivity index (χ1v) is 18.4. The van der Waals surface area contributed by atoms with Crippen molar-refractivity contribution in [1.82, 2.24) is 25.2 Å². The predicted octanol–water partition coefficient (Wildman–Crippen LogP) is 3.16. The number of carbonyl (C=O) groups excluding carboxylic acids is 3. The Bertz CT molecular complexity index is 1890. The number of pyridine rings is 1. The third-order valence-corrected chi connectivity index (χ3v) is 12.1. The number of alkyl halides is 1. The number of amides is 4. The summed E-state index contributed by atoms with van der Waals surface area (Å²) < 4.78 is 67.8. The molecule has 2 saturated carbocycles. The molecular formula is C34H41F2N5O9S. The van der Waals surface area contributed by atoms with Crippen molar-refractivity contribution in [2.45, 2.75) is 87.5 Å². The van der Waals surface area contributed by atoms with E-state index in [9.17, 15) is 41.5 Å². The maximum Gasteiger partial charge on any atom is 0.405 e. The van der Waals surface area contributed by atoms with Crippen LogP contribution in [0.4, 0.5) is 13.6 Å². The van der Waals surface area contributed by atoms with E-state index in [0.717, 1.165) is 0 Å². The number of hydrogen-bond donors (Lipinski definition) is 4. The Morgan fingerprint density at radius 1 is 1.16 bits per heavy atom. The molecule has 1 aromatic heterocycles. The molecule has 0 spiro atoms. The summed E-state index contributed by atoms with van der Waals surface area (Å²) in [7, 11) is -3.26. The molecule has 14 nitrogen and oxygen atoms in total. The third kappa shape index (κ3) is 7.17. The lowest BCUT2D eigenvalue weighted by Crippen LogP contribution is -2.59. The Morgan fingerprint density at radius 3 is 2.59 bits per heavy atom. The number of fused-ring (bicyclic) bond motifs is 3. The molecule has 1 aromatic carbocycles. The summed E-state index contributed by atoms with van der Waals surface area (Å²) in [4.78, 5) is 59.5. The zero-order chi connectivity index (χ0) is 36.9. The number of carbonyl (C=O) groups is 4. The van der Waals surface area contributed by atoms with Gasteiger partial charge in [0.15, 0.2) is 0 Å². The monoisotopic (exact) mass is 733 g/mol. The van der Waals surface area contributed by atoms with Gasteiger partial charge in [-0.2, -0.15) is 0 Å². The van der Waals surface area contributed by atoms with Crippen LogP contribution in [0.25, 0.3) is 10.8 Å². The maximum absolute atomic E-state index is 14.7. The summed E-state index contributed by atoms with van der Waals surface area (Å²) in [5.41, 5.74) is -1.75. The van der Waals surface area contributed by atoms with Gasteiger partial charge in [0, 0.05) is 30.6 Å². The smallest absolute Gasteiger partial charge is 0.405 e. The number of aromatic nitrogens is 1. The van der Waals surface area contributed by atoms with E-state index in [2.05, 4.69) is 15.6 Å². The van der Waals surface area contributed by atoms with Crippen molar-refractivity contribution in [1.29, 1.82) is 0 Å². The van der Waals surface area contributed by atoms with Crippen molar-refractivity contribution < 1.29 is 51.0 Å². The van der Waals surface area contributed by atoms with Gasteiger partial charge in [-0.1, -0.05) is 26.0 Å². The van der Waals surface area contributed by atoms with Crippen LogP contribution in [0, 0.1) is 23.6 Å². The highest BCUT2D eigenvalue weighted by Gasteiger charge is 2.64. The van der Waals surface area contributed by atoms with Gasteiger partial charge in [-0.05, 0) is 55.7 Å². The van der Waals surface area contributed by atoms with Crippen LogP contribution in [0.3, 0.4) is 0 Å². The van der Waals surface area contributed by atoms with Gasteiger partial charge >= 0.3 is 6.09 Å². The van der Waals surface area contributed by atoms with E-state index in [1.54, 1.807) is 13.0 Å². The zero-order valence-electron chi connectivity index (χ0n) is 28.4. The minimum absolute atomic E-state index is 0.00183. The van der Waals surface area contributed by atoms with Crippen molar-refractivity contribution in [3.05, 3.63) is 42.4 Å². The number of halogens is 2. The SMILES string of the molecule is COc1cnc(O[C@@H]2C[C@H]3C(=O)N[C@]4(C(=O)NS(=O)(=O)C5(F)CC5)C[C@H]4C=CCC[C@@H](C)C[C@@H](C)[C@H](NC(=O)O)C(=O)N3C2)c2cc(F)ccc12. The summed E-state index contributed by atoms with van der Waals surface area (Å²) in [6, 6.07) is 1.40. The second kappa shape index (κ2) is 13.5. The van der Waals surface area contributed by atoms with Crippen LogP contribution in [-0.4, -0.2) is 89.6 Å². The topological polar surface area (TPSA) is 193 Å². The summed E-state index contributed by atoms with van der Waals surface area (Å²) >= 11 is 0. The first-order valence-electron chi connectivity index (χ1n) is 16.9. The lowest BCUT2D eigenvalue weighted by molar-refractivity contribution is -0.142. The molecule has 2 aliphatic heterocycles. The number of rotatable bonds is 7. The van der Waals surface area contributed by atoms with Gasteiger partial charge in [-0.15, -0.1) is 0 Å². The molecule has 1 saturated heterocycles. The standard InChI is InChI=1S/C34H41F2N5O9S/c1-18-6-4-5-7-20-15-34(20,31(44)40-51(47,48)33(36)10-11-33)39-28(42)25-14-22(17-41(25)30(43)27(19(2)12-18)38-32(45)46)50-29-24-13-21(35)8-9-23(24)26(49-3)16-37-29/h5,7-9,13,16,18-20,22,25,27,38H,4,6,10-12,14-15,17H2,1-3H3,(H,39,42)(H,40,44)(H,45,46)/t18-,19-,20-,22-,25+,27+,34-/m1/s1. The summed E-state index contributed by atoms with van der Waals surface area (Å²) in [5.74, 6) is -3.86. The van der Waals surface area contributed by atoms with Crippen LogP contribution in [0.1, 0.15) is 58.8 Å². The fraction of sp³-hybridized carbons (Fsp3) is 0.559. The number of ether oxygens (including phenoxy) is 2. The van der Waals surface area contributed by atoms with E-state index in [-0.39, 0.29) is 49.4 Å². The molecule has 4 aliphatic rings. The van der Waals surface area contributed by atoms with E-state index in [1.807, 2.05) is 17.7 Å². The van der Waals surface area contributed by atoms with Crippen LogP contribution >= 0.6 is 0 Å². The van der Waals surface area contributed by atoms with Gasteiger partial charge in [0.2, 0.25) is 22.7 Å². The van der Waals surface area contributed by atoms with Crippen LogP contribution in [-0.2, 0) is 24.4 Å². The van der Waals surface area contributed by atoms with E-state index < -0.39 is 80.2 Å². The Hall–Kier alpha value is -4.54. The third-order valence-electron chi connectivity index (χ3n) is 10.3. The lowest BCUT2D eigenvalue weighted by atomic mass is 9.88. The molecule has 276 valence electrons. The van der Waals surface area contributed by atoms with Crippen LogP contribution in [0.2, 0.25) is 0 Å². The van der Waals surface area contributed by atoms with E-state index in [4.69, 9.17) is 9.47 Å². The molecule has 7 atom stereocenters. The van der Waals surface area contributed by atoms with Crippen LogP contribution in [0.5, 0.6) is 11.6 Å². The number of carboxylic acid groups (broad SMARTS) is 1. The van der Waals surface area contributed by atoms with E-state index >= 15 is 0 Å². The van der Waals surface area contributed by atoms with Crippen molar-refractivity contribution in [3.8, 4) is 11.6 Å². The maximum atomic E-state index is 14.7. The Morgan fingerprint density at radius 2 is 1.90 bits per heavy atom. The first kappa shape index (κ1) is 36.3. The van der Waals surface area contributed by atoms with Crippen LogP contribution < -0.4 is 24.8 Å². The van der Waals surface area contributed by atoms with E-state index in [1.165, 1.54) is 36.4 Å². The molecule has 17 heteroatoms. The lowest BCUT2D eigenvalue weighted by Gasteiger charge is -2.32. The summed E-state index contributed by atoms with van der Waals surface area (Å²) in [6.07, 6.45) is 3.68. The van der Waals surface area contributed by atoms with Gasteiger partial charge in [0.1, 0.15) is 35.3 Å². The second-order valence-corrected chi connectivity index (χ2v) is 16.1. The molecular weight excluding hydrogens is 692 g/mol. The molecule has 2 aromatic rings. The van der Waals surface area contributed by atoms with Crippen molar-refractivity contribution in [2.75, 3.05) is 13.7 Å². The van der Waals surface area contributed by atoms with E-state index in [0.29, 0.717) is 30.4 Å². The number of allylic oxidation sites excluding steroid dienone is 1. The number of nitrogens with one attached hydrogen (secondary N) is 3. The van der Waals surface area contributed by atoms with Gasteiger partial charge in [-0.25, -0.2) is 31.7 Å². The quantitative estimate of drug-likeness (QED) is 0.307. The number of nitrogens with zero attached hydrogens (tertiary/aromatic N) is 2. The number of methoxy groups -OCH3 is 1. The average molecular weight is 734 g/mol. The molecule has 4 N–H and O–H groups in total. The fourth-order valence-corrected chi connectivity index (χ4v) is 8.45. The highest BCUT2D eigenvalue weighted by Crippen LogP contribution is 2.48. The molecule has 0 unspecified atom stereocenters. The molecule has 3 heterocycles. The summed E-state index contributed by atoms with van der Waals surface area (Å²) in [6.45, 7) is 3.51. The number of hydrogen-bond acceptors (Lipinski definition) is 9. The fourth-order valence-electron chi connectivity index (χ4n) is 7.20. The molecule has 51 heavy (non-hydrogen) atoms. The Balaban J connectivity index is 1.35. The van der Waals surface area contributed by atoms with Crippen molar-refractivity contribution >= 4 is 44.6 Å². The highest BCUT2D eigenvalue weighted by molar-refractivity contribution is 7.91. The molecule has 4 amide bonds. The Labute approximate surface area is 293 Å². The molecule has 0 radical (unpaired) electrons. The number of benzene rings is 1. The second-order valence-electron chi connectivity index (χ2n) is 14.1. The van der Waals surface area contributed by atoms with Gasteiger partial charge in [0.05, 0.1) is 25.2 Å². The van der Waals surface area contributed by atoms with Gasteiger partial charge < -0.3 is 30.1 Å². The molecule has 3 fully saturated rings. The number of sulfonamides is 1. The average Bonchev–Trinajstić information content (AvgIpc) is 3.95. The van der Waals surface area contributed by atoms with Crippen molar-refractivity contribution in [2.24, 2.45) is 17.8 Å². The molecule has 6 rings (SSSR count). The van der Waals surface area contributed by atoms with Crippen LogP contribution in [0.15, 0.2) is 36.5 Å². The first-order chi connectivity index (χ1) is 24.1.